The maximum absolute atomic E-state index is 10.6. The molecule has 0 amide bonds. The van der Waals surface area contributed by atoms with E-state index in [1.165, 1.54) is 16.0 Å². The summed E-state index contributed by atoms with van der Waals surface area (Å²) in [4.78, 5) is 11.0. The molecule has 5 nitrogen and oxygen atoms in total. The van der Waals surface area contributed by atoms with Gasteiger partial charge in [-0.15, -0.1) is 11.3 Å². The summed E-state index contributed by atoms with van der Waals surface area (Å²) in [5, 5.41) is 14.4. The van der Waals surface area contributed by atoms with E-state index < -0.39 is 4.92 Å². The van der Waals surface area contributed by atoms with Crippen LogP contribution in [-0.4, -0.2) is 14.7 Å². The van der Waals surface area contributed by atoms with Gasteiger partial charge in [-0.1, -0.05) is 11.6 Å². The van der Waals surface area contributed by atoms with E-state index in [0.29, 0.717) is 15.4 Å². The average molecular weight is 323 g/mol. The molecule has 0 aliphatic rings. The van der Waals surface area contributed by atoms with Gasteiger partial charge in [0, 0.05) is 4.88 Å². The van der Waals surface area contributed by atoms with Gasteiger partial charge in [0.05, 0.1) is 22.2 Å². The van der Waals surface area contributed by atoms with E-state index in [1.54, 1.807) is 12.3 Å². The molecule has 2 aromatic rings. The quantitative estimate of drug-likeness (QED) is 0.643. The van der Waals surface area contributed by atoms with E-state index in [0.717, 1.165) is 4.88 Å². The molecule has 2 rings (SSSR count). The molecule has 2 heterocycles. The molecule has 0 fully saturated rings. The number of nitro groups is 1. The van der Waals surface area contributed by atoms with Crippen molar-refractivity contribution >= 4 is 44.7 Å². The molecule has 0 saturated carbocycles. The van der Waals surface area contributed by atoms with Crippen molar-refractivity contribution in [2.75, 3.05) is 0 Å². The molecule has 0 aliphatic carbocycles. The lowest BCUT2D eigenvalue weighted by atomic mass is 10.5. The van der Waals surface area contributed by atoms with E-state index in [-0.39, 0.29) is 5.82 Å². The van der Waals surface area contributed by atoms with Crippen LogP contribution in [-0.2, 0) is 6.54 Å². The predicted molar refractivity (Wildman–Crippen MR) is 65.0 cm³/mol. The minimum Gasteiger partial charge on any atom is -0.358 e. The minimum absolute atomic E-state index is 0.178. The zero-order valence-electron chi connectivity index (χ0n) is 7.76. The minimum atomic E-state index is -0.526. The number of thiophene rings is 1. The number of rotatable bonds is 3. The second kappa shape index (κ2) is 4.52. The van der Waals surface area contributed by atoms with Crippen LogP contribution in [0.1, 0.15) is 4.88 Å². The summed E-state index contributed by atoms with van der Waals surface area (Å²) in [7, 11) is 0. The fourth-order valence-electron chi connectivity index (χ4n) is 1.19. The Labute approximate surface area is 108 Å². The molecule has 0 bridgehead atoms. The molecule has 84 valence electrons. The van der Waals surface area contributed by atoms with Gasteiger partial charge in [0.25, 0.3) is 0 Å². The normalized spacial score (nSPS) is 10.6. The zero-order valence-corrected chi connectivity index (χ0v) is 10.9. The van der Waals surface area contributed by atoms with Crippen LogP contribution in [0.4, 0.5) is 5.82 Å². The van der Waals surface area contributed by atoms with Crippen LogP contribution in [0.25, 0.3) is 0 Å². The van der Waals surface area contributed by atoms with Gasteiger partial charge in [-0.2, -0.15) is 4.68 Å². The van der Waals surface area contributed by atoms with E-state index in [4.69, 9.17) is 11.6 Å². The van der Waals surface area contributed by atoms with E-state index >= 15 is 0 Å². The van der Waals surface area contributed by atoms with Gasteiger partial charge in [0.2, 0.25) is 0 Å². The highest BCUT2D eigenvalue weighted by Crippen LogP contribution is 2.25. The van der Waals surface area contributed by atoms with Crippen LogP contribution in [0.3, 0.4) is 0 Å². The van der Waals surface area contributed by atoms with E-state index in [9.17, 15) is 10.1 Å². The Bertz CT molecular complexity index is 539. The second-order valence-electron chi connectivity index (χ2n) is 2.96. The van der Waals surface area contributed by atoms with Crippen molar-refractivity contribution in [1.29, 1.82) is 0 Å². The molecular weight excluding hydrogens is 318 g/mol. The molecule has 16 heavy (non-hydrogen) atoms. The van der Waals surface area contributed by atoms with Crippen molar-refractivity contribution in [3.63, 3.8) is 0 Å². The van der Waals surface area contributed by atoms with Gasteiger partial charge in [0.15, 0.2) is 0 Å². The smallest absolute Gasteiger partial charge is 0.358 e. The van der Waals surface area contributed by atoms with Crippen molar-refractivity contribution < 1.29 is 4.92 Å². The van der Waals surface area contributed by atoms with Crippen LogP contribution < -0.4 is 0 Å². The fraction of sp³-hybridized carbons (Fsp3) is 0.125. The lowest BCUT2D eigenvalue weighted by Gasteiger charge is -1.91. The Hall–Kier alpha value is -0.920. The highest BCUT2D eigenvalue weighted by Gasteiger charge is 2.18. The Morgan fingerprint density at radius 2 is 2.38 bits per heavy atom. The Morgan fingerprint density at radius 1 is 1.62 bits per heavy atom. The molecule has 0 saturated heterocycles. The SMILES string of the molecule is O=[N+]([O-])c1nn(Cc2ccc(Cl)s2)cc1Br. The first-order valence-corrected chi connectivity index (χ1v) is 6.16. The first-order valence-electron chi connectivity index (χ1n) is 4.18. The Morgan fingerprint density at radius 3 is 2.88 bits per heavy atom. The van der Waals surface area contributed by atoms with Gasteiger partial charge in [-0.25, -0.2) is 0 Å². The van der Waals surface area contributed by atoms with Crippen LogP contribution in [0.5, 0.6) is 0 Å². The molecule has 0 atom stereocenters. The number of nitrogens with zero attached hydrogens (tertiary/aromatic N) is 3. The van der Waals surface area contributed by atoms with Gasteiger partial charge in [-0.3, -0.25) is 0 Å². The highest BCUT2D eigenvalue weighted by atomic mass is 79.9. The van der Waals surface area contributed by atoms with Crippen molar-refractivity contribution in [2.24, 2.45) is 0 Å². The topological polar surface area (TPSA) is 61.0 Å². The van der Waals surface area contributed by atoms with Gasteiger partial charge >= 0.3 is 5.82 Å². The zero-order chi connectivity index (χ0) is 11.7. The van der Waals surface area contributed by atoms with Crippen molar-refractivity contribution in [3.8, 4) is 0 Å². The third-order valence-corrected chi connectivity index (χ3v) is 3.59. The monoisotopic (exact) mass is 321 g/mol. The van der Waals surface area contributed by atoms with Crippen LogP contribution in [0, 0.1) is 10.1 Å². The molecule has 0 radical (unpaired) electrons. The van der Waals surface area contributed by atoms with Gasteiger partial charge in [0.1, 0.15) is 4.47 Å². The Kier molecular flexibility index (Phi) is 3.27. The summed E-state index contributed by atoms with van der Waals surface area (Å²) in [5.41, 5.74) is 0. The summed E-state index contributed by atoms with van der Waals surface area (Å²) >= 11 is 10.3. The highest BCUT2D eigenvalue weighted by molar-refractivity contribution is 9.10. The lowest BCUT2D eigenvalue weighted by Crippen LogP contribution is -1.99. The molecular formula is C8H5BrClN3O2S. The first-order chi connectivity index (χ1) is 7.56. The van der Waals surface area contributed by atoms with Crippen molar-refractivity contribution in [1.82, 2.24) is 9.78 Å². The summed E-state index contributed by atoms with van der Waals surface area (Å²) < 4.78 is 2.57. The van der Waals surface area contributed by atoms with Crippen molar-refractivity contribution in [3.05, 3.63) is 42.1 Å². The van der Waals surface area contributed by atoms with Gasteiger partial charge in [-0.05, 0) is 33.0 Å². The van der Waals surface area contributed by atoms with Gasteiger partial charge < -0.3 is 10.1 Å². The third-order valence-electron chi connectivity index (χ3n) is 1.82. The van der Waals surface area contributed by atoms with Crippen molar-refractivity contribution in [2.45, 2.75) is 6.54 Å². The van der Waals surface area contributed by atoms with Crippen LogP contribution in [0.2, 0.25) is 4.34 Å². The maximum atomic E-state index is 10.6. The number of hydrogen-bond donors (Lipinski definition) is 0. The lowest BCUT2D eigenvalue weighted by molar-refractivity contribution is -0.390. The summed E-state index contributed by atoms with van der Waals surface area (Å²) in [6.45, 7) is 0.476. The molecule has 0 aliphatic heterocycles. The predicted octanol–water partition coefficient (Wildman–Crippen LogP) is 3.32. The standard InChI is InChI=1S/C8H5BrClN3O2S/c9-6-4-12(11-8(6)13(14)15)3-5-1-2-7(10)16-5/h1-2,4H,3H2. The summed E-state index contributed by atoms with van der Waals surface area (Å²) in [6, 6.07) is 3.66. The largest absolute Gasteiger partial charge is 0.404 e. The summed E-state index contributed by atoms with van der Waals surface area (Å²) in [5.74, 6) is -0.178. The molecule has 8 heteroatoms. The third kappa shape index (κ3) is 2.42. The second-order valence-corrected chi connectivity index (χ2v) is 5.62. The van der Waals surface area contributed by atoms with Crippen LogP contribution >= 0.6 is 38.9 Å². The average Bonchev–Trinajstić information content (AvgIpc) is 2.73. The number of halogens is 2. The van der Waals surface area contributed by atoms with Crippen LogP contribution in [0.15, 0.2) is 22.8 Å². The first kappa shape index (κ1) is 11.6. The number of aromatic nitrogens is 2. The molecule has 0 unspecified atom stereocenters. The molecule has 0 N–H and O–H groups in total. The molecule has 2 aromatic heterocycles. The van der Waals surface area contributed by atoms with E-state index in [1.807, 2.05) is 6.07 Å². The molecule has 0 spiro atoms. The summed E-state index contributed by atoms with van der Waals surface area (Å²) in [6.07, 6.45) is 1.58. The molecule has 0 aromatic carbocycles. The van der Waals surface area contributed by atoms with E-state index in [2.05, 4.69) is 21.0 Å². The Balaban J connectivity index is 2.22. The number of hydrogen-bond acceptors (Lipinski definition) is 4. The maximum Gasteiger partial charge on any atom is 0.404 e. The fourth-order valence-corrected chi connectivity index (χ4v) is 2.73.